The summed E-state index contributed by atoms with van der Waals surface area (Å²) in [4.78, 5) is 15.1. The molecule has 19 heavy (non-hydrogen) atoms. The number of rotatable bonds is 5. The molecule has 1 aliphatic rings. The van der Waals surface area contributed by atoms with Gasteiger partial charge in [-0.2, -0.15) is 0 Å². The van der Waals surface area contributed by atoms with Crippen molar-refractivity contribution in [3.05, 3.63) is 33.1 Å². The number of aryl methyl sites for hydroxylation is 1. The lowest BCUT2D eigenvalue weighted by Crippen LogP contribution is -2.41. The Morgan fingerprint density at radius 2 is 2.11 bits per heavy atom. The average Bonchev–Trinajstić information content (AvgIpc) is 3.11. The van der Waals surface area contributed by atoms with E-state index in [4.69, 9.17) is 0 Å². The topological polar surface area (TPSA) is 68.1 Å². The summed E-state index contributed by atoms with van der Waals surface area (Å²) < 4.78 is 0. The van der Waals surface area contributed by atoms with Crippen molar-refractivity contribution in [1.82, 2.24) is 10.3 Å². The number of hydrogen-bond donors (Lipinski definition) is 1. The van der Waals surface area contributed by atoms with Gasteiger partial charge in [-0.25, -0.2) is 0 Å². The third-order valence-electron chi connectivity index (χ3n) is 4.07. The summed E-state index contributed by atoms with van der Waals surface area (Å²) in [6, 6.07) is 0. The van der Waals surface area contributed by atoms with Crippen LogP contribution in [0.4, 0.5) is 5.69 Å². The monoisotopic (exact) mass is 263 g/mol. The quantitative estimate of drug-likeness (QED) is 0.655. The molecule has 5 nitrogen and oxygen atoms in total. The second kappa shape index (κ2) is 4.89. The molecule has 0 amide bonds. The molecule has 0 bridgehead atoms. The molecule has 0 unspecified atom stereocenters. The van der Waals surface area contributed by atoms with Crippen molar-refractivity contribution < 1.29 is 4.92 Å². The van der Waals surface area contributed by atoms with Crippen molar-refractivity contribution in [2.24, 2.45) is 5.92 Å². The van der Waals surface area contributed by atoms with Crippen molar-refractivity contribution in [1.29, 1.82) is 0 Å². The summed E-state index contributed by atoms with van der Waals surface area (Å²) >= 11 is 0. The zero-order valence-corrected chi connectivity index (χ0v) is 12.0. The molecule has 5 heteroatoms. The predicted octanol–water partition coefficient (Wildman–Crippen LogP) is 2.88. The van der Waals surface area contributed by atoms with Crippen LogP contribution in [0.3, 0.4) is 0 Å². The SMILES string of the molecule is Cc1cnc(CNC(C)(C)C2CC2)c(C)c1[N+](=O)[O-]. The Morgan fingerprint density at radius 1 is 1.47 bits per heavy atom. The maximum Gasteiger partial charge on any atom is 0.278 e. The summed E-state index contributed by atoms with van der Waals surface area (Å²) in [5.74, 6) is 0.716. The van der Waals surface area contributed by atoms with Gasteiger partial charge in [0, 0.05) is 29.4 Å². The average molecular weight is 263 g/mol. The molecule has 2 rings (SSSR count). The van der Waals surface area contributed by atoms with Gasteiger partial charge in [0.15, 0.2) is 0 Å². The zero-order valence-electron chi connectivity index (χ0n) is 12.0. The lowest BCUT2D eigenvalue weighted by atomic mass is 9.98. The van der Waals surface area contributed by atoms with Gasteiger partial charge in [0.05, 0.1) is 10.6 Å². The Balaban J connectivity index is 2.17. The highest BCUT2D eigenvalue weighted by molar-refractivity contribution is 5.47. The van der Waals surface area contributed by atoms with Crippen molar-refractivity contribution in [2.45, 2.75) is 52.6 Å². The lowest BCUT2D eigenvalue weighted by molar-refractivity contribution is -0.386. The van der Waals surface area contributed by atoms with Gasteiger partial charge < -0.3 is 5.32 Å². The van der Waals surface area contributed by atoms with Crippen LogP contribution in [0.15, 0.2) is 6.20 Å². The molecule has 0 radical (unpaired) electrons. The fourth-order valence-corrected chi connectivity index (χ4v) is 2.49. The molecule has 1 heterocycles. The minimum absolute atomic E-state index is 0.0772. The van der Waals surface area contributed by atoms with E-state index in [0.29, 0.717) is 23.6 Å². The van der Waals surface area contributed by atoms with E-state index in [1.54, 1.807) is 20.0 Å². The van der Waals surface area contributed by atoms with Crippen molar-refractivity contribution in [3.8, 4) is 0 Å². The van der Waals surface area contributed by atoms with Crippen LogP contribution in [0, 0.1) is 29.9 Å². The molecule has 1 aromatic rings. The second-order valence-electron chi connectivity index (χ2n) is 5.97. The molecule has 104 valence electrons. The molecule has 1 saturated carbocycles. The van der Waals surface area contributed by atoms with Gasteiger partial charge in [0.25, 0.3) is 5.69 Å². The smallest absolute Gasteiger partial charge is 0.278 e. The molecule has 1 N–H and O–H groups in total. The van der Waals surface area contributed by atoms with Crippen LogP contribution in [-0.2, 0) is 6.54 Å². The van der Waals surface area contributed by atoms with Crippen LogP contribution in [0.5, 0.6) is 0 Å². The molecule has 0 spiro atoms. The first-order chi connectivity index (χ1) is 8.83. The van der Waals surface area contributed by atoms with Crippen molar-refractivity contribution >= 4 is 5.69 Å². The Morgan fingerprint density at radius 3 is 2.63 bits per heavy atom. The Hall–Kier alpha value is -1.49. The first-order valence-electron chi connectivity index (χ1n) is 6.67. The van der Waals surface area contributed by atoms with E-state index in [9.17, 15) is 10.1 Å². The first kappa shape index (κ1) is 13.9. The lowest BCUT2D eigenvalue weighted by Gasteiger charge is -2.26. The van der Waals surface area contributed by atoms with Crippen LogP contribution in [0.1, 0.15) is 43.5 Å². The number of aromatic nitrogens is 1. The van der Waals surface area contributed by atoms with E-state index in [-0.39, 0.29) is 16.1 Å². The summed E-state index contributed by atoms with van der Waals surface area (Å²) in [5.41, 5.74) is 2.33. The summed E-state index contributed by atoms with van der Waals surface area (Å²) in [5, 5.41) is 14.6. The maximum atomic E-state index is 11.1. The molecule has 1 aromatic heterocycles. The van der Waals surface area contributed by atoms with Gasteiger partial charge in [-0.15, -0.1) is 0 Å². The number of nitrogens with one attached hydrogen (secondary N) is 1. The van der Waals surface area contributed by atoms with Crippen molar-refractivity contribution in [3.63, 3.8) is 0 Å². The highest BCUT2D eigenvalue weighted by Crippen LogP contribution is 2.39. The first-order valence-corrected chi connectivity index (χ1v) is 6.67. The number of nitro groups is 1. The second-order valence-corrected chi connectivity index (χ2v) is 5.97. The number of hydrogen-bond acceptors (Lipinski definition) is 4. The Kier molecular flexibility index (Phi) is 3.58. The van der Waals surface area contributed by atoms with Crippen LogP contribution < -0.4 is 5.32 Å². The van der Waals surface area contributed by atoms with Gasteiger partial charge in [-0.1, -0.05) is 0 Å². The van der Waals surface area contributed by atoms with E-state index in [1.165, 1.54) is 12.8 Å². The zero-order chi connectivity index (χ0) is 14.2. The van der Waals surface area contributed by atoms with Gasteiger partial charge >= 0.3 is 0 Å². The molecular formula is C14H21N3O2. The third-order valence-corrected chi connectivity index (χ3v) is 4.07. The van der Waals surface area contributed by atoms with Gasteiger partial charge in [-0.3, -0.25) is 15.1 Å². The largest absolute Gasteiger partial charge is 0.306 e. The molecule has 0 atom stereocenters. The molecule has 0 saturated heterocycles. The van der Waals surface area contributed by atoms with Gasteiger partial charge in [0.1, 0.15) is 0 Å². The minimum Gasteiger partial charge on any atom is -0.306 e. The third kappa shape index (κ3) is 2.92. The number of pyridine rings is 1. The predicted molar refractivity (Wildman–Crippen MR) is 74.0 cm³/mol. The van der Waals surface area contributed by atoms with E-state index < -0.39 is 0 Å². The Bertz CT molecular complexity index is 508. The van der Waals surface area contributed by atoms with Crippen LogP contribution in [0.2, 0.25) is 0 Å². The highest BCUT2D eigenvalue weighted by atomic mass is 16.6. The normalized spacial score (nSPS) is 15.6. The minimum atomic E-state index is -0.318. The molecular weight excluding hydrogens is 242 g/mol. The van der Waals surface area contributed by atoms with Crippen LogP contribution >= 0.6 is 0 Å². The van der Waals surface area contributed by atoms with Crippen LogP contribution in [0.25, 0.3) is 0 Å². The standard InChI is InChI=1S/C14H21N3O2/c1-9-7-15-12(10(2)13(9)17(18)19)8-16-14(3,4)11-5-6-11/h7,11,16H,5-6,8H2,1-4H3. The Labute approximate surface area is 113 Å². The summed E-state index contributed by atoms with van der Waals surface area (Å²) in [7, 11) is 0. The molecule has 0 aromatic carbocycles. The molecule has 1 aliphatic carbocycles. The highest BCUT2D eigenvalue weighted by Gasteiger charge is 2.37. The fraction of sp³-hybridized carbons (Fsp3) is 0.643. The van der Waals surface area contributed by atoms with Gasteiger partial charge in [-0.05, 0) is 46.5 Å². The van der Waals surface area contributed by atoms with Crippen LogP contribution in [-0.4, -0.2) is 15.4 Å². The van der Waals surface area contributed by atoms with Gasteiger partial charge in [0.2, 0.25) is 0 Å². The number of nitrogens with zero attached hydrogens (tertiary/aromatic N) is 2. The van der Waals surface area contributed by atoms with E-state index in [2.05, 4.69) is 24.1 Å². The fourth-order valence-electron chi connectivity index (χ4n) is 2.49. The van der Waals surface area contributed by atoms with E-state index in [0.717, 1.165) is 5.69 Å². The van der Waals surface area contributed by atoms with E-state index >= 15 is 0 Å². The maximum absolute atomic E-state index is 11.1. The van der Waals surface area contributed by atoms with E-state index in [1.807, 2.05) is 0 Å². The summed E-state index contributed by atoms with van der Waals surface area (Å²) in [6.45, 7) is 8.45. The van der Waals surface area contributed by atoms with Crippen molar-refractivity contribution in [2.75, 3.05) is 0 Å². The molecule has 0 aliphatic heterocycles. The summed E-state index contributed by atoms with van der Waals surface area (Å²) in [6.07, 6.45) is 4.12. The molecule has 1 fully saturated rings.